The molecule has 0 radical (unpaired) electrons. The minimum Gasteiger partial charge on any atom is -0.470 e. The topological polar surface area (TPSA) is 56.1 Å². The Kier molecular flexibility index (Phi) is 7.01. The number of nitrogens with zero attached hydrogens (tertiary/aromatic N) is 3. The summed E-state index contributed by atoms with van der Waals surface area (Å²) in [6.07, 6.45) is 1.93. The molecule has 0 saturated carbocycles. The Hall–Kier alpha value is -1.89. The number of rotatable bonds is 2. The van der Waals surface area contributed by atoms with E-state index >= 15 is 0 Å². The Morgan fingerprint density at radius 1 is 0.676 bits per heavy atom. The van der Waals surface area contributed by atoms with Crippen LogP contribution in [0.4, 0.5) is 0 Å². The van der Waals surface area contributed by atoms with Crippen molar-refractivity contribution in [2.45, 2.75) is 37.1 Å². The maximum atomic E-state index is 6.20. The van der Waals surface area contributed by atoms with E-state index in [1.165, 1.54) is 22.3 Å². The van der Waals surface area contributed by atoms with Gasteiger partial charge in [0.25, 0.3) is 0 Å². The van der Waals surface area contributed by atoms with Crippen LogP contribution >= 0.6 is 27.2 Å². The molecule has 0 amide bonds. The molecule has 0 spiro atoms. The third kappa shape index (κ3) is 4.18. The van der Waals surface area contributed by atoms with Crippen molar-refractivity contribution in [2.24, 2.45) is 9.98 Å². The van der Waals surface area contributed by atoms with E-state index in [-0.39, 0.29) is 31.7 Å². The Morgan fingerprint density at radius 2 is 1.12 bits per heavy atom. The van der Waals surface area contributed by atoms with E-state index < -0.39 is 0 Å². The zero-order valence-corrected chi connectivity index (χ0v) is 23.3. The molecule has 0 unspecified atom stereocenters. The molecular formula is C26H22Br2N3O2Ru-. The fourth-order valence-electron chi connectivity index (χ4n) is 5.12. The first-order valence-electron chi connectivity index (χ1n) is 10.7. The summed E-state index contributed by atoms with van der Waals surface area (Å²) >= 11 is 6.64. The van der Waals surface area contributed by atoms with Gasteiger partial charge in [0.2, 0.25) is 11.8 Å². The second-order valence-corrected chi connectivity index (χ2v) is 16.4. The molecular weight excluding hydrogens is 647 g/mol. The average Bonchev–Trinajstić information content (AvgIpc) is 3.58. The van der Waals surface area contributed by atoms with Crippen LogP contribution in [0.1, 0.15) is 45.7 Å². The van der Waals surface area contributed by atoms with Crippen LogP contribution in [0.2, 0.25) is 0 Å². The van der Waals surface area contributed by atoms with Crippen molar-refractivity contribution >= 4 is 39.0 Å². The van der Waals surface area contributed by atoms with Gasteiger partial charge in [-0.15, -0.1) is 0 Å². The van der Waals surface area contributed by atoms with Gasteiger partial charge < -0.3 is 16.9 Å². The van der Waals surface area contributed by atoms with Crippen LogP contribution in [0.25, 0.3) is 0 Å². The average molecular weight is 669 g/mol. The molecule has 8 heteroatoms. The summed E-state index contributed by atoms with van der Waals surface area (Å²) in [5.41, 5.74) is 6.67. The van der Waals surface area contributed by atoms with Crippen LogP contribution < -0.4 is 0 Å². The van der Waals surface area contributed by atoms with Crippen molar-refractivity contribution in [1.82, 2.24) is 4.98 Å². The molecule has 2 aromatic carbocycles. The molecule has 0 saturated heterocycles. The molecule has 0 N–H and O–H groups in total. The SMILES string of the molecule is [Br][Ru][Br].[CH3-].c1cc(C2=N[C@H]3c4ccccc4C[C@H]3O2)nc(C2=N[C@H]3c4ccccc4C[C@H]3O2)c1. The van der Waals surface area contributed by atoms with Crippen LogP contribution in [0.5, 0.6) is 0 Å². The van der Waals surface area contributed by atoms with Gasteiger partial charge in [0.05, 0.1) is 0 Å². The largest absolute Gasteiger partial charge is 0.470 e. The second-order valence-electron chi connectivity index (χ2n) is 8.34. The predicted molar refractivity (Wildman–Crippen MR) is 137 cm³/mol. The van der Waals surface area contributed by atoms with E-state index in [2.05, 4.69) is 75.8 Å². The first-order chi connectivity index (χ1) is 16.2. The molecule has 0 fully saturated rings. The fourth-order valence-corrected chi connectivity index (χ4v) is 5.12. The summed E-state index contributed by atoms with van der Waals surface area (Å²) in [6.45, 7) is 0. The summed E-state index contributed by atoms with van der Waals surface area (Å²) in [5, 5.41) is 0. The molecule has 34 heavy (non-hydrogen) atoms. The molecule has 1 aromatic heterocycles. The monoisotopic (exact) mass is 668 g/mol. The number of hydrogen-bond donors (Lipinski definition) is 0. The van der Waals surface area contributed by atoms with Crippen LogP contribution in [0, 0.1) is 7.43 Å². The van der Waals surface area contributed by atoms with E-state index in [1.807, 2.05) is 18.2 Å². The molecule has 0 bridgehead atoms. The van der Waals surface area contributed by atoms with Crippen molar-refractivity contribution in [3.05, 3.63) is 108 Å². The third-order valence-corrected chi connectivity index (χ3v) is 6.52. The molecule has 5 nitrogen and oxygen atoms in total. The zero-order valence-electron chi connectivity index (χ0n) is 18.3. The van der Waals surface area contributed by atoms with Gasteiger partial charge in [-0.1, -0.05) is 54.6 Å². The molecule has 2 aliphatic carbocycles. The Labute approximate surface area is 220 Å². The zero-order chi connectivity index (χ0) is 22.4. The van der Waals surface area contributed by atoms with E-state index in [0.29, 0.717) is 25.0 Å². The number of hydrogen-bond acceptors (Lipinski definition) is 5. The maximum absolute atomic E-state index is 6.20. The van der Waals surface area contributed by atoms with Gasteiger partial charge in [0, 0.05) is 12.8 Å². The van der Waals surface area contributed by atoms with Gasteiger partial charge in [-0.3, -0.25) is 0 Å². The number of aromatic nitrogens is 1. The van der Waals surface area contributed by atoms with Crippen molar-refractivity contribution in [2.75, 3.05) is 0 Å². The van der Waals surface area contributed by atoms with Crippen molar-refractivity contribution in [1.29, 1.82) is 0 Å². The molecule has 4 aliphatic rings. The number of aliphatic imine (C=N–C) groups is 2. The quantitative estimate of drug-likeness (QED) is 0.245. The summed E-state index contributed by atoms with van der Waals surface area (Å²) in [5.74, 6) is 1.23. The van der Waals surface area contributed by atoms with E-state index in [9.17, 15) is 0 Å². The number of halogens is 2. The van der Waals surface area contributed by atoms with Crippen LogP contribution in [0.3, 0.4) is 0 Å². The smallest absolute Gasteiger partial charge is 0.236 e. The minimum atomic E-state index is 0. The summed E-state index contributed by atoms with van der Waals surface area (Å²) in [4.78, 5) is 14.5. The third-order valence-electron chi connectivity index (χ3n) is 6.52. The minimum absolute atomic E-state index is 0. The molecule has 3 aromatic rings. The van der Waals surface area contributed by atoms with Crippen LogP contribution in [-0.2, 0) is 35.5 Å². The van der Waals surface area contributed by atoms with E-state index in [4.69, 9.17) is 24.4 Å². The number of benzene rings is 2. The van der Waals surface area contributed by atoms with Crippen molar-refractivity contribution in [3.8, 4) is 0 Å². The Bertz CT molecular complexity index is 1190. The molecule has 2 aliphatic heterocycles. The maximum Gasteiger partial charge on any atom is 0.236 e. The van der Waals surface area contributed by atoms with Crippen LogP contribution in [-0.4, -0.2) is 29.0 Å². The fraction of sp³-hybridized carbons (Fsp3) is 0.231. The van der Waals surface area contributed by atoms with Gasteiger partial charge in [-0.25, -0.2) is 15.0 Å². The summed E-state index contributed by atoms with van der Waals surface area (Å²) in [6, 6.07) is 22.9. The van der Waals surface area contributed by atoms with Gasteiger partial charge in [-0.2, -0.15) is 0 Å². The van der Waals surface area contributed by atoms with Crippen molar-refractivity contribution in [3.63, 3.8) is 0 Å². The van der Waals surface area contributed by atoms with Gasteiger partial charge in [0.1, 0.15) is 35.7 Å². The summed E-state index contributed by atoms with van der Waals surface area (Å²) in [7, 11) is 0. The second kappa shape index (κ2) is 10.0. The normalized spacial score (nSPS) is 24.8. The molecule has 176 valence electrons. The number of fused-ring (bicyclic) bond motifs is 6. The van der Waals surface area contributed by atoms with E-state index in [0.717, 1.165) is 24.2 Å². The Morgan fingerprint density at radius 3 is 1.59 bits per heavy atom. The standard InChI is InChI=1S/C25H19N3O2.CH3.2BrH.Ru/c1-3-8-16-14(6-1)12-20-22(16)27-24(29-20)18-10-5-11-19(26-18)25-28-23-17-9-4-2-7-15(17)13-21(23)30-25;;;;/h1-11,20-23H,12-13H2;1H3;2*1H;/q;-1;;;+2/p-2/t20-,21-,22+,23+;;;;/m1..../s1. The van der Waals surface area contributed by atoms with Crippen LogP contribution in [0.15, 0.2) is 76.7 Å². The first-order valence-corrected chi connectivity index (χ1v) is 18.7. The Balaban J connectivity index is 0.000000574. The van der Waals surface area contributed by atoms with Gasteiger partial charge in [0.15, 0.2) is 0 Å². The van der Waals surface area contributed by atoms with Crippen molar-refractivity contribution < 1.29 is 22.7 Å². The van der Waals surface area contributed by atoms with Gasteiger partial charge >= 0.3 is 40.5 Å². The van der Waals surface area contributed by atoms with E-state index in [1.54, 1.807) is 0 Å². The first kappa shape index (κ1) is 23.8. The number of pyridine rings is 1. The predicted octanol–water partition coefficient (Wildman–Crippen LogP) is 6.11. The molecule has 4 atom stereocenters. The molecule has 3 heterocycles. The van der Waals surface area contributed by atoms with Gasteiger partial charge in [-0.05, 0) is 34.4 Å². The molecule has 7 rings (SSSR count). The number of ether oxygens (including phenoxy) is 2. The summed E-state index contributed by atoms with van der Waals surface area (Å²) < 4.78 is 12.4.